The number of hydrogen-bond acceptors (Lipinski definition) is 4. The van der Waals surface area contributed by atoms with Crippen LogP contribution >= 0.6 is 24.0 Å². The summed E-state index contributed by atoms with van der Waals surface area (Å²) >= 11 is 7.05. The van der Waals surface area contributed by atoms with Crippen molar-refractivity contribution in [2.75, 3.05) is 19.9 Å². The Morgan fingerprint density at radius 1 is 1.41 bits per heavy atom. The van der Waals surface area contributed by atoms with Crippen LogP contribution in [-0.2, 0) is 0 Å². The van der Waals surface area contributed by atoms with Gasteiger partial charge in [-0.05, 0) is 49.1 Å². The molecule has 0 heterocycles. The number of allylic oxidation sites excluding steroid dienone is 1. The number of rotatable bonds is 6. The Morgan fingerprint density at radius 2 is 2.06 bits per heavy atom. The molecule has 92 valence electrons. The molecule has 0 unspecified atom stereocenters. The van der Waals surface area contributed by atoms with Crippen molar-refractivity contribution in [3.63, 3.8) is 0 Å². The summed E-state index contributed by atoms with van der Waals surface area (Å²) in [6, 6.07) is 7.78. The zero-order valence-corrected chi connectivity index (χ0v) is 12.0. The third-order valence-corrected chi connectivity index (χ3v) is 3.26. The van der Waals surface area contributed by atoms with Gasteiger partial charge in [0.25, 0.3) is 0 Å². The number of hydrogen-bond donors (Lipinski definition) is 1. The van der Waals surface area contributed by atoms with Crippen LogP contribution in [0.4, 0.5) is 0 Å². The van der Waals surface area contributed by atoms with Gasteiger partial charge in [-0.3, -0.25) is 0 Å². The minimum Gasteiger partial charge on any atom is -0.497 e. The molecule has 1 rings (SSSR count). The SMILES string of the molecule is CCNC(=CC(=S)c1ccc(OC)cc1)SC. The standard InChI is InChI=1S/C13H17NOS2/c1-4-14-13(17-3)9-12(16)10-5-7-11(15-2)8-6-10/h5-9,14H,4H2,1-3H3. The normalized spacial score (nSPS) is 11.1. The zero-order chi connectivity index (χ0) is 12.7. The highest BCUT2D eigenvalue weighted by atomic mass is 32.2. The Labute approximate surface area is 112 Å². The van der Waals surface area contributed by atoms with Gasteiger partial charge in [-0.15, -0.1) is 11.8 Å². The van der Waals surface area contributed by atoms with Crippen LogP contribution in [0, 0.1) is 0 Å². The van der Waals surface area contributed by atoms with Gasteiger partial charge in [-0.25, -0.2) is 0 Å². The van der Waals surface area contributed by atoms with E-state index in [1.54, 1.807) is 18.9 Å². The zero-order valence-electron chi connectivity index (χ0n) is 10.3. The number of benzene rings is 1. The highest BCUT2D eigenvalue weighted by molar-refractivity contribution is 8.02. The first kappa shape index (κ1) is 14.1. The van der Waals surface area contributed by atoms with E-state index in [1.165, 1.54) is 0 Å². The molecule has 0 radical (unpaired) electrons. The fraction of sp³-hybridized carbons (Fsp3) is 0.308. The van der Waals surface area contributed by atoms with Gasteiger partial charge in [-0.1, -0.05) is 12.2 Å². The van der Waals surface area contributed by atoms with Crippen molar-refractivity contribution in [1.29, 1.82) is 0 Å². The number of thioether (sulfide) groups is 1. The maximum atomic E-state index is 5.39. The lowest BCUT2D eigenvalue weighted by Gasteiger charge is -2.07. The molecule has 0 aliphatic carbocycles. The molecule has 0 saturated heterocycles. The lowest BCUT2D eigenvalue weighted by molar-refractivity contribution is 0.415. The largest absolute Gasteiger partial charge is 0.497 e. The van der Waals surface area contributed by atoms with Gasteiger partial charge in [0.05, 0.1) is 12.1 Å². The van der Waals surface area contributed by atoms with Crippen LogP contribution in [-0.4, -0.2) is 24.8 Å². The molecule has 1 aromatic carbocycles. The first-order valence-electron chi connectivity index (χ1n) is 5.39. The Hall–Kier alpha value is -1.00. The predicted molar refractivity (Wildman–Crippen MR) is 80.0 cm³/mol. The van der Waals surface area contributed by atoms with Crippen molar-refractivity contribution >= 4 is 28.8 Å². The maximum Gasteiger partial charge on any atom is 0.118 e. The lowest BCUT2D eigenvalue weighted by Crippen LogP contribution is -2.10. The molecule has 0 bridgehead atoms. The number of ether oxygens (including phenoxy) is 1. The Morgan fingerprint density at radius 3 is 2.53 bits per heavy atom. The van der Waals surface area contributed by atoms with Crippen molar-refractivity contribution < 1.29 is 4.74 Å². The Balaban J connectivity index is 2.80. The first-order chi connectivity index (χ1) is 8.21. The molecule has 2 nitrogen and oxygen atoms in total. The summed E-state index contributed by atoms with van der Waals surface area (Å²) in [6.45, 7) is 2.97. The van der Waals surface area contributed by atoms with E-state index in [2.05, 4.69) is 12.2 Å². The highest BCUT2D eigenvalue weighted by Gasteiger charge is 2.01. The summed E-state index contributed by atoms with van der Waals surface area (Å²) in [7, 11) is 1.66. The van der Waals surface area contributed by atoms with Crippen LogP contribution in [0.25, 0.3) is 0 Å². The second kappa shape index (κ2) is 7.35. The van der Waals surface area contributed by atoms with Gasteiger partial charge in [0.15, 0.2) is 0 Å². The molecule has 17 heavy (non-hydrogen) atoms. The molecule has 0 aromatic heterocycles. The number of methoxy groups -OCH3 is 1. The van der Waals surface area contributed by atoms with E-state index in [0.29, 0.717) is 0 Å². The topological polar surface area (TPSA) is 21.3 Å². The average Bonchev–Trinajstić information content (AvgIpc) is 2.38. The van der Waals surface area contributed by atoms with E-state index in [0.717, 1.165) is 27.8 Å². The van der Waals surface area contributed by atoms with Gasteiger partial charge in [0.2, 0.25) is 0 Å². The molecule has 0 amide bonds. The van der Waals surface area contributed by atoms with Crippen LogP contribution in [0.1, 0.15) is 12.5 Å². The van der Waals surface area contributed by atoms with Crippen molar-refractivity contribution in [2.45, 2.75) is 6.92 Å². The monoisotopic (exact) mass is 267 g/mol. The fourth-order valence-electron chi connectivity index (χ4n) is 1.31. The summed E-state index contributed by atoms with van der Waals surface area (Å²) in [5.74, 6) is 0.845. The first-order valence-corrected chi connectivity index (χ1v) is 7.02. The molecule has 0 spiro atoms. The molecule has 1 N–H and O–H groups in total. The Bertz CT molecular complexity index is 398. The maximum absolute atomic E-state index is 5.39. The second-order valence-electron chi connectivity index (χ2n) is 3.34. The molecule has 0 atom stereocenters. The van der Waals surface area contributed by atoms with Gasteiger partial charge in [0.1, 0.15) is 5.75 Å². The molecule has 1 aromatic rings. The molecule has 0 aliphatic rings. The van der Waals surface area contributed by atoms with E-state index in [1.807, 2.05) is 36.6 Å². The van der Waals surface area contributed by atoms with Crippen LogP contribution in [0.2, 0.25) is 0 Å². The summed E-state index contributed by atoms with van der Waals surface area (Å²) in [5.41, 5.74) is 1.03. The summed E-state index contributed by atoms with van der Waals surface area (Å²) in [5, 5.41) is 4.36. The van der Waals surface area contributed by atoms with E-state index in [9.17, 15) is 0 Å². The average molecular weight is 267 g/mol. The third kappa shape index (κ3) is 4.40. The molecule has 4 heteroatoms. The molecular formula is C13H17NOS2. The van der Waals surface area contributed by atoms with Gasteiger partial charge in [-0.2, -0.15) is 0 Å². The smallest absolute Gasteiger partial charge is 0.118 e. The van der Waals surface area contributed by atoms with Gasteiger partial charge >= 0.3 is 0 Å². The molecule has 0 saturated carbocycles. The van der Waals surface area contributed by atoms with E-state index < -0.39 is 0 Å². The Kier molecular flexibility index (Phi) is 6.08. The van der Waals surface area contributed by atoms with Crippen molar-refractivity contribution in [3.8, 4) is 5.75 Å². The second-order valence-corrected chi connectivity index (χ2v) is 4.62. The quantitative estimate of drug-likeness (QED) is 0.485. The van der Waals surface area contributed by atoms with Gasteiger partial charge < -0.3 is 10.1 Å². The predicted octanol–water partition coefficient (Wildman–Crippen LogP) is 3.23. The van der Waals surface area contributed by atoms with E-state index >= 15 is 0 Å². The van der Waals surface area contributed by atoms with E-state index in [4.69, 9.17) is 17.0 Å². The van der Waals surface area contributed by atoms with Crippen LogP contribution in [0.15, 0.2) is 35.4 Å². The summed E-state index contributed by atoms with van der Waals surface area (Å²) in [4.78, 5) is 0.831. The number of thiocarbonyl (C=S) groups is 1. The highest BCUT2D eigenvalue weighted by Crippen LogP contribution is 2.15. The van der Waals surface area contributed by atoms with Crippen molar-refractivity contribution in [3.05, 3.63) is 40.9 Å². The van der Waals surface area contributed by atoms with E-state index in [-0.39, 0.29) is 0 Å². The minimum absolute atomic E-state index is 0.831. The van der Waals surface area contributed by atoms with Crippen LogP contribution < -0.4 is 10.1 Å². The summed E-state index contributed by atoms with van der Waals surface area (Å²) in [6.07, 6.45) is 4.02. The fourth-order valence-corrected chi connectivity index (χ4v) is 2.17. The minimum atomic E-state index is 0.831. The molecular weight excluding hydrogens is 250 g/mol. The number of nitrogens with one attached hydrogen (secondary N) is 1. The van der Waals surface area contributed by atoms with Crippen LogP contribution in [0.3, 0.4) is 0 Å². The van der Waals surface area contributed by atoms with Crippen molar-refractivity contribution in [1.82, 2.24) is 5.32 Å². The third-order valence-electron chi connectivity index (χ3n) is 2.21. The summed E-state index contributed by atoms with van der Waals surface area (Å²) < 4.78 is 5.11. The van der Waals surface area contributed by atoms with Gasteiger partial charge in [0, 0.05) is 11.4 Å². The van der Waals surface area contributed by atoms with Crippen LogP contribution in [0.5, 0.6) is 5.75 Å². The molecule has 0 fully saturated rings. The van der Waals surface area contributed by atoms with Crippen molar-refractivity contribution in [2.24, 2.45) is 0 Å². The molecule has 0 aliphatic heterocycles. The lowest BCUT2D eigenvalue weighted by atomic mass is 10.1.